The van der Waals surface area contributed by atoms with Gasteiger partial charge in [0.15, 0.2) is 0 Å². The lowest BCUT2D eigenvalue weighted by molar-refractivity contribution is 0.107. The summed E-state index contributed by atoms with van der Waals surface area (Å²) in [5.41, 5.74) is 9.60. The Labute approximate surface area is 268 Å². The van der Waals surface area contributed by atoms with Gasteiger partial charge in [0.25, 0.3) is 0 Å². The number of fused-ring (bicyclic) bond motifs is 1. The summed E-state index contributed by atoms with van der Waals surface area (Å²) in [5.74, 6) is 2.34. The highest BCUT2D eigenvalue weighted by Gasteiger charge is 2.24. The average Bonchev–Trinajstić information content (AvgIpc) is 3.40. The van der Waals surface area contributed by atoms with Crippen LogP contribution < -0.4 is 15.8 Å². The number of nitrogens with zero attached hydrogens (tertiary/aromatic N) is 2. The Bertz CT molecular complexity index is 1470. The first kappa shape index (κ1) is 33.1. The molecule has 0 saturated carbocycles. The Kier molecular flexibility index (Phi) is 12.5. The maximum absolute atomic E-state index is 12.6. The number of aromatic nitrogens is 1. The van der Waals surface area contributed by atoms with E-state index >= 15 is 0 Å². The third-order valence-electron chi connectivity index (χ3n) is 7.17. The summed E-state index contributed by atoms with van der Waals surface area (Å²) >= 11 is 10.1. The van der Waals surface area contributed by atoms with Crippen molar-refractivity contribution in [2.75, 3.05) is 25.2 Å². The molecule has 43 heavy (non-hydrogen) atoms. The monoisotopic (exact) mass is 640 g/mol. The summed E-state index contributed by atoms with van der Waals surface area (Å²) in [6.45, 7) is 4.38. The first-order chi connectivity index (χ1) is 20.7. The number of rotatable bonds is 15. The molecular weight excluding hydrogens is 600 g/mol. The van der Waals surface area contributed by atoms with Crippen LogP contribution in [0.15, 0.2) is 66.7 Å². The summed E-state index contributed by atoms with van der Waals surface area (Å²) in [5, 5.41) is 4.33. The fourth-order valence-electron chi connectivity index (χ4n) is 4.49. The van der Waals surface area contributed by atoms with Crippen LogP contribution in [0.4, 0.5) is 10.5 Å². The second kappa shape index (κ2) is 16.3. The molecule has 0 spiro atoms. The summed E-state index contributed by atoms with van der Waals surface area (Å²) in [4.78, 5) is 19.4. The highest BCUT2D eigenvalue weighted by atomic mass is 35.5. The largest absolute Gasteiger partial charge is 0.483 e. The van der Waals surface area contributed by atoms with Gasteiger partial charge in [0.1, 0.15) is 23.5 Å². The number of benzene rings is 3. The maximum atomic E-state index is 12.6. The molecule has 4 aromatic rings. The van der Waals surface area contributed by atoms with Crippen molar-refractivity contribution in [2.24, 2.45) is 5.73 Å². The molecule has 0 bridgehead atoms. The van der Waals surface area contributed by atoms with Crippen molar-refractivity contribution in [1.29, 1.82) is 0 Å². The maximum Gasteiger partial charge on any atom is 0.411 e. The first-order valence-electron chi connectivity index (χ1n) is 14.6. The molecule has 0 aliphatic heterocycles. The molecule has 0 saturated heterocycles. The van der Waals surface area contributed by atoms with Crippen LogP contribution in [0.3, 0.4) is 0 Å². The van der Waals surface area contributed by atoms with Crippen LogP contribution in [-0.2, 0) is 17.1 Å². The number of carbonyl (C=O) groups is 1. The molecule has 3 N–H and O–H groups in total. The summed E-state index contributed by atoms with van der Waals surface area (Å²) < 4.78 is 12.9. The molecule has 1 amide bonds. The molecule has 1 heterocycles. The van der Waals surface area contributed by atoms with E-state index in [2.05, 4.69) is 36.2 Å². The number of thiazole rings is 1. The van der Waals surface area contributed by atoms with Crippen molar-refractivity contribution >= 4 is 56.7 Å². The molecule has 7 nitrogen and oxygen atoms in total. The van der Waals surface area contributed by atoms with Gasteiger partial charge in [0, 0.05) is 29.3 Å². The van der Waals surface area contributed by atoms with E-state index in [0.29, 0.717) is 16.5 Å². The quantitative estimate of drug-likeness (QED) is 0.135. The summed E-state index contributed by atoms with van der Waals surface area (Å²) in [7, 11) is 4.05. The summed E-state index contributed by atoms with van der Waals surface area (Å²) in [6, 6.07) is 21.6. The molecule has 3 unspecified atom stereocenters. The molecule has 0 aliphatic rings. The van der Waals surface area contributed by atoms with Gasteiger partial charge in [0.2, 0.25) is 0 Å². The Hall–Kier alpha value is -2.82. The smallest absolute Gasteiger partial charge is 0.411 e. The molecule has 1 aromatic heterocycles. The predicted octanol–water partition coefficient (Wildman–Crippen LogP) is 8.52. The minimum atomic E-state index is -0.541. The van der Waals surface area contributed by atoms with Crippen LogP contribution in [-0.4, -0.2) is 47.9 Å². The molecule has 0 fully saturated rings. The van der Waals surface area contributed by atoms with Gasteiger partial charge in [-0.3, -0.25) is 5.32 Å². The number of amides is 1. The van der Waals surface area contributed by atoms with Gasteiger partial charge in [0.05, 0.1) is 15.2 Å². The second-order valence-electron chi connectivity index (χ2n) is 10.8. The zero-order valence-electron chi connectivity index (χ0n) is 25.2. The van der Waals surface area contributed by atoms with Gasteiger partial charge in [-0.15, -0.1) is 11.3 Å². The van der Waals surface area contributed by atoms with Gasteiger partial charge in [-0.1, -0.05) is 67.8 Å². The number of anilines is 1. The highest BCUT2D eigenvalue weighted by molar-refractivity contribution is 7.98. The SMILES string of the molecule is CCCCC(N)CSCc1nc2ccc(NC(=O)OCc3ccc(OC(c4ccccc4)C(C)N(C)C)c(Cl)c3)cc2s1. The molecule has 0 aliphatic carbocycles. The van der Waals surface area contributed by atoms with Crippen molar-refractivity contribution in [3.63, 3.8) is 0 Å². The van der Waals surface area contributed by atoms with Crippen LogP contribution in [0.25, 0.3) is 10.2 Å². The van der Waals surface area contributed by atoms with Gasteiger partial charge in [-0.25, -0.2) is 9.78 Å². The van der Waals surface area contributed by atoms with Crippen molar-refractivity contribution < 1.29 is 14.3 Å². The minimum absolute atomic E-state index is 0.0760. The van der Waals surface area contributed by atoms with E-state index in [-0.39, 0.29) is 24.8 Å². The van der Waals surface area contributed by atoms with Gasteiger partial charge < -0.3 is 20.1 Å². The van der Waals surface area contributed by atoms with E-state index in [1.54, 1.807) is 17.4 Å². The number of nitrogens with two attached hydrogens (primary N) is 1. The number of ether oxygens (including phenoxy) is 2. The first-order valence-corrected chi connectivity index (χ1v) is 16.9. The zero-order chi connectivity index (χ0) is 30.8. The number of hydrogen-bond acceptors (Lipinski definition) is 8. The fraction of sp³-hybridized carbons (Fsp3) is 0.394. The number of nitrogens with one attached hydrogen (secondary N) is 1. The van der Waals surface area contributed by atoms with Crippen molar-refractivity contribution in [3.05, 3.63) is 87.9 Å². The molecule has 0 radical (unpaired) electrons. The van der Waals surface area contributed by atoms with E-state index in [4.69, 9.17) is 31.8 Å². The van der Waals surface area contributed by atoms with E-state index in [1.807, 2.05) is 74.4 Å². The average molecular weight is 641 g/mol. The Morgan fingerprint density at radius 1 is 1.14 bits per heavy atom. The van der Waals surface area contributed by atoms with Crippen molar-refractivity contribution in [3.8, 4) is 5.75 Å². The number of carbonyl (C=O) groups excluding carboxylic acids is 1. The van der Waals surface area contributed by atoms with E-state index in [1.165, 1.54) is 12.8 Å². The van der Waals surface area contributed by atoms with Crippen LogP contribution in [0.1, 0.15) is 55.3 Å². The van der Waals surface area contributed by atoms with Crippen LogP contribution >= 0.6 is 34.7 Å². The van der Waals surface area contributed by atoms with Gasteiger partial charge in [-0.05, 0) is 68.9 Å². The normalized spacial score (nSPS) is 13.6. The van der Waals surface area contributed by atoms with Gasteiger partial charge in [-0.2, -0.15) is 11.8 Å². The number of unbranched alkanes of at least 4 members (excludes halogenated alkanes) is 1. The third-order valence-corrected chi connectivity index (χ3v) is 9.80. The lowest BCUT2D eigenvalue weighted by Gasteiger charge is -2.30. The van der Waals surface area contributed by atoms with E-state index in [0.717, 1.165) is 44.3 Å². The lowest BCUT2D eigenvalue weighted by Crippen LogP contribution is -2.34. The molecule has 230 valence electrons. The lowest BCUT2D eigenvalue weighted by atomic mass is 10.0. The minimum Gasteiger partial charge on any atom is -0.483 e. The Balaban J connectivity index is 1.30. The van der Waals surface area contributed by atoms with E-state index in [9.17, 15) is 4.79 Å². The molecule has 4 rings (SSSR count). The molecule has 3 atom stereocenters. The standard InChI is InChI=1S/C33H41ClN4O3S2/c1-5-6-12-25(35)20-42-21-31-37-28-15-14-26(18-30(28)43-31)36-33(39)40-19-23-13-16-29(27(34)17-23)41-32(22(2)38(3)4)24-10-8-7-9-11-24/h7-11,13-18,22,25,32H,5-6,12,19-21,35H2,1-4H3,(H,36,39). The van der Waals surface area contributed by atoms with Crippen molar-refractivity contribution in [2.45, 2.75) is 63.7 Å². The zero-order valence-corrected chi connectivity index (χ0v) is 27.6. The fourth-order valence-corrected chi connectivity index (χ4v) is 6.85. The summed E-state index contributed by atoms with van der Waals surface area (Å²) in [6.07, 6.45) is 2.65. The Morgan fingerprint density at radius 3 is 2.65 bits per heavy atom. The predicted molar refractivity (Wildman–Crippen MR) is 182 cm³/mol. The number of hydrogen-bond donors (Lipinski definition) is 2. The van der Waals surface area contributed by atoms with Gasteiger partial charge >= 0.3 is 6.09 Å². The van der Waals surface area contributed by atoms with Crippen molar-refractivity contribution in [1.82, 2.24) is 9.88 Å². The van der Waals surface area contributed by atoms with Crippen LogP contribution in [0.2, 0.25) is 5.02 Å². The molecule has 3 aromatic carbocycles. The van der Waals surface area contributed by atoms with Crippen LogP contribution in [0.5, 0.6) is 5.75 Å². The van der Waals surface area contributed by atoms with Crippen LogP contribution in [0, 0.1) is 0 Å². The third kappa shape index (κ3) is 9.84. The topological polar surface area (TPSA) is 89.7 Å². The number of halogens is 1. The Morgan fingerprint density at radius 2 is 1.93 bits per heavy atom. The number of likely N-dealkylation sites (N-methyl/N-ethyl adjacent to an activating group) is 1. The molecule has 10 heteroatoms. The number of thioether (sulfide) groups is 1. The highest BCUT2D eigenvalue weighted by Crippen LogP contribution is 2.33. The second-order valence-corrected chi connectivity index (χ2v) is 13.4. The van der Waals surface area contributed by atoms with E-state index < -0.39 is 6.09 Å². The molecular formula is C33H41ClN4O3S2.